The van der Waals surface area contributed by atoms with Crippen LogP contribution in [0.15, 0.2) is 473 Å². The maximum absolute atomic E-state index is 14.0. The van der Waals surface area contributed by atoms with Crippen LogP contribution in [-0.2, 0) is 10.8 Å². The molecule has 642 valence electrons. The van der Waals surface area contributed by atoms with Crippen molar-refractivity contribution in [2.24, 2.45) is 0 Å². The Kier molecular flexibility index (Phi) is 18.7. The van der Waals surface area contributed by atoms with Crippen LogP contribution >= 0.6 is 11.3 Å². The number of aromatic nitrogens is 4. The predicted octanol–water partition coefficient (Wildman–Crippen LogP) is 35.0. The fourth-order valence-electron chi connectivity index (χ4n) is 22.1. The van der Waals surface area contributed by atoms with Crippen LogP contribution in [0.2, 0.25) is 0 Å². The Labute approximate surface area is 791 Å². The molecular formula is C128H87FN6S. The van der Waals surface area contributed by atoms with Crippen molar-refractivity contribution >= 4 is 142 Å². The van der Waals surface area contributed by atoms with Crippen LogP contribution in [0.4, 0.5) is 38.5 Å². The smallest absolute Gasteiger partial charge is 0.212 e. The van der Waals surface area contributed by atoms with Gasteiger partial charge in [0.2, 0.25) is 5.95 Å². The molecule has 0 N–H and O–H groups in total. The zero-order valence-electron chi connectivity index (χ0n) is 75.0. The normalized spacial score (nSPS) is 12.5. The number of nitrogens with zero attached hydrogens (tertiary/aromatic N) is 6. The van der Waals surface area contributed by atoms with Crippen molar-refractivity contribution in [3.8, 4) is 83.8 Å². The molecule has 1 spiro atoms. The first kappa shape index (κ1) is 79.9. The molecule has 0 aliphatic heterocycles. The van der Waals surface area contributed by atoms with Gasteiger partial charge in [0, 0.05) is 97.9 Å². The monoisotopic (exact) mass is 1760 g/mol. The maximum Gasteiger partial charge on any atom is 0.212 e. The highest BCUT2D eigenvalue weighted by Gasteiger charge is 2.52. The minimum atomic E-state index is -0.506. The van der Waals surface area contributed by atoms with E-state index in [0.717, 1.165) is 79.0 Å². The fraction of sp³-hybridized carbons (Fsp3) is 0.0391. The van der Waals surface area contributed by atoms with Crippen molar-refractivity contribution in [2.45, 2.75) is 31.6 Å². The summed E-state index contributed by atoms with van der Waals surface area (Å²) in [5.74, 6) is -0.506. The van der Waals surface area contributed by atoms with Crippen molar-refractivity contribution in [3.05, 3.63) is 507 Å². The number of hydrogen-bond donors (Lipinski definition) is 0. The Morgan fingerprint density at radius 1 is 0.257 bits per heavy atom. The third kappa shape index (κ3) is 13.0. The second kappa shape index (κ2) is 31.9. The zero-order valence-corrected chi connectivity index (χ0v) is 75.8. The van der Waals surface area contributed by atoms with E-state index in [9.17, 15) is 4.39 Å². The standard InChI is InChI=1S/C77H55N3.C51H32FN3S/c1-76(2,3)54-39-32-50(33-40-54)51-34-41-56(42-35-51)78(73-31-17-28-69-75(73)64-24-9-14-27-68(64)77(69)66-25-12-7-20-59(66)60-21-8-13-26-67(60)77)57-43-36-52(37-44-57)53-38-47-72-65(48-53)62-23-11-16-30-71(62)80(72)58-45-46-63-61-22-10-15-29-70(61)79(74(63)49-58)55-18-5-4-6-19-55;52-51-27-24-42(32-53-51)54(39-19-14-34(15-20-39)33-8-2-1-3-9-33)40-21-16-35(17-22-40)38-18-25-47-44(29-38)45-28-36-10-4-5-11-37(36)30-48(45)55(47)41-23-26-50-46(31-41)43-12-6-7-13-49(43)56-50/h4-49H,1-3H3;1-32H. The number of para-hydroxylation sites is 3. The highest BCUT2D eigenvalue weighted by atomic mass is 32.1. The fourth-order valence-corrected chi connectivity index (χ4v) is 23.2. The summed E-state index contributed by atoms with van der Waals surface area (Å²) in [5, 5.41) is 12.4. The van der Waals surface area contributed by atoms with Crippen LogP contribution in [0, 0.1) is 5.95 Å². The summed E-state index contributed by atoms with van der Waals surface area (Å²) in [7, 11) is 0. The van der Waals surface area contributed by atoms with Crippen molar-refractivity contribution in [1.29, 1.82) is 0 Å². The third-order valence-electron chi connectivity index (χ3n) is 28.4. The molecule has 0 saturated heterocycles. The molecule has 136 heavy (non-hydrogen) atoms. The average molecular weight is 1760 g/mol. The molecule has 6 nitrogen and oxygen atoms in total. The van der Waals surface area contributed by atoms with E-state index in [1.807, 2.05) is 29.5 Å². The second-order valence-corrected chi connectivity index (χ2v) is 38.1. The largest absolute Gasteiger partial charge is 0.310 e. The van der Waals surface area contributed by atoms with E-state index in [1.54, 1.807) is 12.3 Å². The van der Waals surface area contributed by atoms with Crippen LogP contribution in [-0.4, -0.2) is 18.7 Å². The van der Waals surface area contributed by atoms with Crippen molar-refractivity contribution < 1.29 is 4.39 Å². The van der Waals surface area contributed by atoms with Crippen LogP contribution in [0.25, 0.3) is 180 Å². The summed E-state index contributed by atoms with van der Waals surface area (Å²) >= 11 is 1.85. The van der Waals surface area contributed by atoms with Crippen LogP contribution in [0.5, 0.6) is 0 Å². The minimum Gasteiger partial charge on any atom is -0.310 e. The molecule has 0 unspecified atom stereocenters. The van der Waals surface area contributed by atoms with Crippen LogP contribution in [0.1, 0.15) is 48.6 Å². The zero-order chi connectivity index (χ0) is 90.4. The molecule has 0 amide bonds. The van der Waals surface area contributed by atoms with E-state index in [1.165, 1.54) is 169 Å². The summed E-state index contributed by atoms with van der Waals surface area (Å²) in [6.07, 6.45) is 1.58. The van der Waals surface area contributed by atoms with Gasteiger partial charge in [0.25, 0.3) is 0 Å². The average Bonchev–Trinajstić information content (AvgIpc) is 1.50. The second-order valence-electron chi connectivity index (χ2n) is 37.0. The Hall–Kier alpha value is -17.0. The molecule has 2 aliphatic carbocycles. The number of pyridine rings is 1. The Morgan fingerprint density at radius 3 is 1.26 bits per heavy atom. The highest BCUT2D eigenvalue weighted by molar-refractivity contribution is 7.25. The Morgan fingerprint density at radius 2 is 0.662 bits per heavy atom. The maximum atomic E-state index is 14.0. The lowest BCUT2D eigenvalue weighted by atomic mass is 9.70. The molecule has 27 rings (SSSR count). The third-order valence-corrected chi connectivity index (χ3v) is 29.6. The Balaban J connectivity index is 0.000000150. The lowest BCUT2D eigenvalue weighted by Crippen LogP contribution is -2.26. The van der Waals surface area contributed by atoms with E-state index in [2.05, 4.69) is 486 Å². The Bertz CT molecular complexity index is 9010. The summed E-state index contributed by atoms with van der Waals surface area (Å²) in [6.45, 7) is 6.82. The molecule has 0 fully saturated rings. The van der Waals surface area contributed by atoms with Gasteiger partial charge < -0.3 is 23.5 Å². The van der Waals surface area contributed by atoms with Crippen molar-refractivity contribution in [1.82, 2.24) is 18.7 Å². The first-order valence-electron chi connectivity index (χ1n) is 46.7. The van der Waals surface area contributed by atoms with E-state index >= 15 is 0 Å². The lowest BCUT2D eigenvalue weighted by Gasteiger charge is -2.32. The van der Waals surface area contributed by atoms with Gasteiger partial charge in [-0.15, -0.1) is 11.3 Å². The molecule has 20 aromatic carbocycles. The molecule has 0 bridgehead atoms. The van der Waals surface area contributed by atoms with Gasteiger partial charge in [0.1, 0.15) is 0 Å². The molecule has 2 aliphatic rings. The van der Waals surface area contributed by atoms with Crippen LogP contribution < -0.4 is 9.80 Å². The number of benzene rings is 20. The number of fused-ring (bicyclic) bond motifs is 23. The number of halogens is 1. The molecule has 8 heteroatoms. The molecule has 5 heterocycles. The number of rotatable bonds is 13. The summed E-state index contributed by atoms with van der Waals surface area (Å²) in [4.78, 5) is 8.59. The minimum absolute atomic E-state index is 0.0884. The molecule has 0 saturated carbocycles. The van der Waals surface area contributed by atoms with Gasteiger partial charge in [0.15, 0.2) is 0 Å². The van der Waals surface area contributed by atoms with Gasteiger partial charge in [-0.2, -0.15) is 4.39 Å². The number of anilines is 6. The van der Waals surface area contributed by atoms with Crippen molar-refractivity contribution in [2.75, 3.05) is 9.80 Å². The van der Waals surface area contributed by atoms with Gasteiger partial charge >= 0.3 is 0 Å². The van der Waals surface area contributed by atoms with Gasteiger partial charge in [-0.1, -0.05) is 324 Å². The SMILES string of the molecule is CC(C)(C)c1ccc(-c2ccc(N(c3ccc(-c4ccc5c(c4)c4ccccc4n5-c4ccc5c6ccccc6n(-c6ccccc6)c5c4)cc3)c3cccc4c3-c3ccccc3C43c4ccccc4-c4ccccc43)cc2)cc1.Fc1ccc(N(c2ccc(-c3ccccc3)cc2)c2ccc(-c3ccc4c(c3)c3cc5ccccc5cc3n4-c3ccc4sc5ccccc5c4c3)cc2)cn1. The van der Waals surface area contributed by atoms with Gasteiger partial charge in [0.05, 0.1) is 56.1 Å². The van der Waals surface area contributed by atoms with Crippen LogP contribution in [0.3, 0.4) is 0 Å². The first-order chi connectivity index (χ1) is 67.0. The van der Waals surface area contributed by atoms with Crippen molar-refractivity contribution in [3.63, 3.8) is 0 Å². The van der Waals surface area contributed by atoms with E-state index in [4.69, 9.17) is 0 Å². The topological polar surface area (TPSA) is 34.2 Å². The summed E-state index contributed by atoms with van der Waals surface area (Å²) in [6, 6.07) is 170. The first-order valence-corrected chi connectivity index (χ1v) is 47.5. The van der Waals surface area contributed by atoms with E-state index in [-0.39, 0.29) is 5.41 Å². The molecule has 0 atom stereocenters. The molecular weight excluding hydrogens is 1670 g/mol. The molecule has 0 radical (unpaired) electrons. The van der Waals surface area contributed by atoms with Gasteiger partial charge in [-0.05, 0) is 269 Å². The van der Waals surface area contributed by atoms with E-state index in [0.29, 0.717) is 0 Å². The van der Waals surface area contributed by atoms with Gasteiger partial charge in [-0.25, -0.2) is 4.98 Å². The molecule has 5 aromatic heterocycles. The molecule has 25 aromatic rings. The lowest BCUT2D eigenvalue weighted by molar-refractivity contribution is 0.584. The summed E-state index contributed by atoms with van der Waals surface area (Å²) in [5.41, 5.74) is 37.3. The highest BCUT2D eigenvalue weighted by Crippen LogP contribution is 2.65. The number of thiophene rings is 1. The number of hydrogen-bond acceptors (Lipinski definition) is 4. The van der Waals surface area contributed by atoms with Gasteiger partial charge in [-0.3, -0.25) is 0 Å². The summed E-state index contributed by atoms with van der Waals surface area (Å²) < 4.78 is 23.9. The quantitative estimate of drug-likeness (QED) is 0.108. The van der Waals surface area contributed by atoms with E-state index < -0.39 is 11.4 Å². The predicted molar refractivity (Wildman–Crippen MR) is 570 cm³/mol.